The molecule has 1 heterocycles. The smallest absolute Gasteiger partial charge is 0.258 e. The van der Waals surface area contributed by atoms with E-state index in [1.54, 1.807) is 18.2 Å². The van der Waals surface area contributed by atoms with E-state index in [-0.39, 0.29) is 5.69 Å². The van der Waals surface area contributed by atoms with Crippen molar-refractivity contribution >= 4 is 17.3 Å². The summed E-state index contributed by atoms with van der Waals surface area (Å²) in [5.74, 6) is 0.899. The van der Waals surface area contributed by atoms with E-state index in [9.17, 15) is 10.1 Å². The first-order valence-electron chi connectivity index (χ1n) is 5.93. The molecule has 1 aliphatic carbocycles. The van der Waals surface area contributed by atoms with Crippen LogP contribution in [-0.4, -0.2) is 14.9 Å². The van der Waals surface area contributed by atoms with Crippen molar-refractivity contribution in [2.24, 2.45) is 0 Å². The third-order valence-electron chi connectivity index (χ3n) is 3.03. The normalized spacial score (nSPS) is 14.4. The summed E-state index contributed by atoms with van der Waals surface area (Å²) in [5, 5.41) is 11.1. The van der Waals surface area contributed by atoms with Crippen LogP contribution < -0.4 is 0 Å². The van der Waals surface area contributed by atoms with E-state index in [1.807, 2.05) is 0 Å². The zero-order chi connectivity index (χ0) is 13.4. The largest absolute Gasteiger partial charge is 0.270 e. The fourth-order valence-corrected chi connectivity index (χ4v) is 2.10. The number of halogens is 1. The summed E-state index contributed by atoms with van der Waals surface area (Å²) in [6.45, 7) is 0. The Hall–Kier alpha value is -2.01. The second kappa shape index (κ2) is 4.59. The number of hydrogen-bond acceptors (Lipinski definition) is 4. The molecule has 1 aromatic carbocycles. The first-order valence-corrected chi connectivity index (χ1v) is 6.30. The molecule has 0 unspecified atom stereocenters. The summed E-state index contributed by atoms with van der Waals surface area (Å²) in [6, 6.07) is 8.03. The van der Waals surface area contributed by atoms with Crippen LogP contribution in [0.4, 0.5) is 5.69 Å². The number of aromatic nitrogens is 2. The fourth-order valence-electron chi connectivity index (χ4n) is 1.91. The molecule has 0 spiro atoms. The number of nitro groups is 1. The second-order valence-corrected chi connectivity index (χ2v) is 4.91. The van der Waals surface area contributed by atoms with Crippen molar-refractivity contribution in [3.63, 3.8) is 0 Å². The number of rotatable bonds is 3. The average molecular weight is 276 g/mol. The molecule has 0 atom stereocenters. The van der Waals surface area contributed by atoms with Gasteiger partial charge in [-0.05, 0) is 18.9 Å². The lowest BCUT2D eigenvalue weighted by Gasteiger charge is -2.04. The monoisotopic (exact) mass is 275 g/mol. The lowest BCUT2D eigenvalue weighted by Crippen LogP contribution is -1.96. The highest BCUT2D eigenvalue weighted by atomic mass is 35.5. The van der Waals surface area contributed by atoms with Gasteiger partial charge in [-0.1, -0.05) is 23.7 Å². The van der Waals surface area contributed by atoms with Gasteiger partial charge < -0.3 is 0 Å². The lowest BCUT2D eigenvalue weighted by molar-refractivity contribution is -0.384. The summed E-state index contributed by atoms with van der Waals surface area (Å²) in [4.78, 5) is 18.9. The van der Waals surface area contributed by atoms with E-state index in [0.717, 1.165) is 18.5 Å². The minimum Gasteiger partial charge on any atom is -0.258 e. The summed E-state index contributed by atoms with van der Waals surface area (Å²) in [7, 11) is 0. The van der Waals surface area contributed by atoms with Crippen molar-refractivity contribution in [2.75, 3.05) is 0 Å². The molecule has 0 amide bonds. The highest BCUT2D eigenvalue weighted by molar-refractivity contribution is 6.29. The van der Waals surface area contributed by atoms with E-state index in [4.69, 9.17) is 11.6 Å². The van der Waals surface area contributed by atoms with Gasteiger partial charge in [0, 0.05) is 29.3 Å². The van der Waals surface area contributed by atoms with Gasteiger partial charge in [0.25, 0.3) is 5.69 Å². The van der Waals surface area contributed by atoms with E-state index in [0.29, 0.717) is 22.5 Å². The Kier molecular flexibility index (Phi) is 2.91. The van der Waals surface area contributed by atoms with Crippen molar-refractivity contribution < 1.29 is 4.92 Å². The summed E-state index contributed by atoms with van der Waals surface area (Å²) in [6.07, 6.45) is 2.23. The van der Waals surface area contributed by atoms with Gasteiger partial charge in [0.15, 0.2) is 5.82 Å². The van der Waals surface area contributed by atoms with Crippen LogP contribution in [0.3, 0.4) is 0 Å². The van der Waals surface area contributed by atoms with Crippen LogP contribution >= 0.6 is 11.6 Å². The molecule has 0 bridgehead atoms. The van der Waals surface area contributed by atoms with Crippen molar-refractivity contribution in [1.82, 2.24) is 9.97 Å². The van der Waals surface area contributed by atoms with Gasteiger partial charge in [-0.25, -0.2) is 9.97 Å². The highest BCUT2D eigenvalue weighted by Gasteiger charge is 2.26. The molecular formula is C13H10ClN3O2. The minimum absolute atomic E-state index is 0.0223. The first-order chi connectivity index (χ1) is 9.13. The van der Waals surface area contributed by atoms with Crippen LogP contribution in [0.5, 0.6) is 0 Å². The number of nitrogens with zero attached hydrogens (tertiary/aromatic N) is 3. The Balaban J connectivity index is 2.05. The molecule has 19 heavy (non-hydrogen) atoms. The third-order valence-corrected chi connectivity index (χ3v) is 3.22. The summed E-state index contributed by atoms with van der Waals surface area (Å²) >= 11 is 5.99. The highest BCUT2D eigenvalue weighted by Crippen LogP contribution is 2.40. The predicted octanol–water partition coefficient (Wildman–Crippen LogP) is 3.58. The molecule has 1 aliphatic rings. The van der Waals surface area contributed by atoms with Crippen molar-refractivity contribution in [3.05, 3.63) is 51.3 Å². The SMILES string of the molecule is O=[N+]([O-])c1cccc(-c2nc(Cl)cc(C3CC3)n2)c1. The zero-order valence-electron chi connectivity index (χ0n) is 9.91. The number of hydrogen-bond donors (Lipinski definition) is 0. The van der Waals surface area contributed by atoms with Gasteiger partial charge >= 0.3 is 0 Å². The van der Waals surface area contributed by atoms with Crippen LogP contribution in [-0.2, 0) is 0 Å². The van der Waals surface area contributed by atoms with Crippen LogP contribution in [0.2, 0.25) is 5.15 Å². The molecular weight excluding hydrogens is 266 g/mol. The Morgan fingerprint density at radius 2 is 2.05 bits per heavy atom. The Labute approximate surface area is 114 Å². The molecule has 1 fully saturated rings. The van der Waals surface area contributed by atoms with Gasteiger partial charge in [-0.2, -0.15) is 0 Å². The molecule has 0 radical (unpaired) electrons. The van der Waals surface area contributed by atoms with Crippen LogP contribution in [0, 0.1) is 10.1 Å². The number of benzene rings is 1. The Morgan fingerprint density at radius 1 is 1.26 bits per heavy atom. The molecule has 0 saturated heterocycles. The third kappa shape index (κ3) is 2.56. The molecule has 96 valence electrons. The van der Waals surface area contributed by atoms with Gasteiger partial charge in [0.2, 0.25) is 0 Å². The quantitative estimate of drug-likeness (QED) is 0.488. The maximum absolute atomic E-state index is 10.8. The predicted molar refractivity (Wildman–Crippen MR) is 71.1 cm³/mol. The Morgan fingerprint density at radius 3 is 2.74 bits per heavy atom. The molecule has 2 aromatic rings. The molecule has 6 heteroatoms. The Bertz CT molecular complexity index is 656. The maximum atomic E-state index is 10.8. The standard InChI is InChI=1S/C13H10ClN3O2/c14-12-7-11(8-4-5-8)15-13(16-12)9-2-1-3-10(6-9)17(18)19/h1-3,6-8H,4-5H2. The summed E-state index contributed by atoms with van der Waals surface area (Å²) in [5.41, 5.74) is 1.55. The van der Waals surface area contributed by atoms with Gasteiger partial charge in [-0.15, -0.1) is 0 Å². The molecule has 0 aliphatic heterocycles. The van der Waals surface area contributed by atoms with Gasteiger partial charge in [0.1, 0.15) is 5.15 Å². The van der Waals surface area contributed by atoms with Gasteiger partial charge in [0.05, 0.1) is 4.92 Å². The second-order valence-electron chi connectivity index (χ2n) is 4.52. The fraction of sp³-hybridized carbons (Fsp3) is 0.231. The van der Waals surface area contributed by atoms with Crippen LogP contribution in [0.25, 0.3) is 11.4 Å². The van der Waals surface area contributed by atoms with E-state index in [1.165, 1.54) is 12.1 Å². The van der Waals surface area contributed by atoms with Gasteiger partial charge in [-0.3, -0.25) is 10.1 Å². The summed E-state index contributed by atoms with van der Waals surface area (Å²) < 4.78 is 0. The molecule has 1 aromatic heterocycles. The molecule has 0 N–H and O–H groups in total. The van der Waals surface area contributed by atoms with Crippen LogP contribution in [0.1, 0.15) is 24.5 Å². The topological polar surface area (TPSA) is 68.9 Å². The maximum Gasteiger partial charge on any atom is 0.270 e. The molecule has 3 rings (SSSR count). The van der Waals surface area contributed by atoms with Crippen molar-refractivity contribution in [2.45, 2.75) is 18.8 Å². The molecule has 5 nitrogen and oxygen atoms in total. The minimum atomic E-state index is -0.435. The van der Waals surface area contributed by atoms with Crippen molar-refractivity contribution in [3.8, 4) is 11.4 Å². The number of nitro benzene ring substituents is 1. The average Bonchev–Trinajstić information content (AvgIpc) is 3.22. The van der Waals surface area contributed by atoms with Crippen LogP contribution in [0.15, 0.2) is 30.3 Å². The van der Waals surface area contributed by atoms with Crippen molar-refractivity contribution in [1.29, 1.82) is 0 Å². The van der Waals surface area contributed by atoms with E-state index in [2.05, 4.69) is 9.97 Å². The first kappa shape index (κ1) is 12.0. The number of non-ortho nitro benzene ring substituents is 1. The zero-order valence-corrected chi connectivity index (χ0v) is 10.7. The van der Waals surface area contributed by atoms with E-state index >= 15 is 0 Å². The lowest BCUT2D eigenvalue weighted by atomic mass is 10.2. The van der Waals surface area contributed by atoms with E-state index < -0.39 is 4.92 Å². The molecule has 1 saturated carbocycles.